The van der Waals surface area contributed by atoms with Crippen LogP contribution in [0.2, 0.25) is 0 Å². The topological polar surface area (TPSA) is 77.3 Å². The Morgan fingerprint density at radius 3 is 2.77 bits per heavy atom. The number of benzene rings is 2. The zero-order chi connectivity index (χ0) is 21.4. The van der Waals surface area contributed by atoms with Crippen molar-refractivity contribution in [3.05, 3.63) is 64.7 Å². The first-order chi connectivity index (χ1) is 15.1. The van der Waals surface area contributed by atoms with Crippen LogP contribution in [-0.2, 0) is 11.3 Å². The van der Waals surface area contributed by atoms with Crippen molar-refractivity contribution in [2.45, 2.75) is 32.4 Å². The highest BCUT2D eigenvalue weighted by Crippen LogP contribution is 2.31. The number of piperidine rings is 1. The van der Waals surface area contributed by atoms with E-state index in [1.165, 1.54) is 10.9 Å². The Bertz CT molecular complexity index is 1320. The number of amides is 1. The second-order valence-corrected chi connectivity index (χ2v) is 8.79. The van der Waals surface area contributed by atoms with E-state index in [-0.39, 0.29) is 24.1 Å². The Labute approximate surface area is 182 Å². The number of carbonyl (C=O) groups excluding carboxylic acids is 1. The summed E-state index contributed by atoms with van der Waals surface area (Å²) in [5, 5.41) is 1.21. The van der Waals surface area contributed by atoms with Gasteiger partial charge in [0, 0.05) is 25.9 Å². The molecule has 0 saturated carbocycles. The van der Waals surface area contributed by atoms with Gasteiger partial charge in [-0.15, -0.1) is 0 Å². The number of thiazole rings is 1. The molecule has 5 rings (SSSR count). The highest BCUT2D eigenvalue weighted by Gasteiger charge is 2.25. The second-order valence-electron chi connectivity index (χ2n) is 7.79. The fraction of sp³-hybridized carbons (Fsp3) is 0.304. The normalized spacial score (nSPS) is 14.9. The van der Waals surface area contributed by atoms with Gasteiger partial charge in [-0.3, -0.25) is 14.2 Å². The Morgan fingerprint density at radius 1 is 1.16 bits per heavy atom. The number of rotatable bonds is 4. The molecule has 7 nitrogen and oxygen atoms in total. The molecule has 1 fully saturated rings. The van der Waals surface area contributed by atoms with Gasteiger partial charge >= 0.3 is 0 Å². The Kier molecular flexibility index (Phi) is 5.15. The predicted molar refractivity (Wildman–Crippen MR) is 121 cm³/mol. The van der Waals surface area contributed by atoms with Crippen molar-refractivity contribution < 1.29 is 9.53 Å². The molecular formula is C23H22N4O3S. The molecule has 1 saturated heterocycles. The second kappa shape index (κ2) is 8.11. The third-order valence-corrected chi connectivity index (χ3v) is 6.61. The number of nitrogens with zero attached hydrogens (tertiary/aromatic N) is 4. The minimum Gasteiger partial charge on any atom is -0.467 e. The third kappa shape index (κ3) is 3.90. The molecule has 0 spiro atoms. The summed E-state index contributed by atoms with van der Waals surface area (Å²) in [5.41, 5.74) is 2.58. The molecular weight excluding hydrogens is 412 g/mol. The third-order valence-electron chi connectivity index (χ3n) is 5.70. The zero-order valence-electron chi connectivity index (χ0n) is 17.2. The van der Waals surface area contributed by atoms with Gasteiger partial charge in [-0.25, -0.2) is 9.97 Å². The van der Waals surface area contributed by atoms with Crippen LogP contribution in [0.4, 0.5) is 0 Å². The maximum Gasteiger partial charge on any atom is 0.274 e. The summed E-state index contributed by atoms with van der Waals surface area (Å²) in [6.45, 7) is 3.25. The first-order valence-corrected chi connectivity index (χ1v) is 11.1. The molecule has 158 valence electrons. The minimum atomic E-state index is -0.191. The molecule has 0 unspecified atom stereocenters. The van der Waals surface area contributed by atoms with Crippen LogP contribution in [0.1, 0.15) is 18.4 Å². The van der Waals surface area contributed by atoms with E-state index in [4.69, 9.17) is 4.74 Å². The van der Waals surface area contributed by atoms with Crippen molar-refractivity contribution in [1.29, 1.82) is 0 Å². The lowest BCUT2D eigenvalue weighted by atomic mass is 10.1. The van der Waals surface area contributed by atoms with Gasteiger partial charge in [0.2, 0.25) is 5.91 Å². The van der Waals surface area contributed by atoms with E-state index in [2.05, 4.69) is 16.0 Å². The molecule has 8 heteroatoms. The average Bonchev–Trinajstić information content (AvgIpc) is 3.20. The smallest absolute Gasteiger partial charge is 0.274 e. The lowest BCUT2D eigenvalue weighted by Gasteiger charge is -2.31. The van der Waals surface area contributed by atoms with Gasteiger partial charge in [0.15, 0.2) is 0 Å². The number of aryl methyl sites for hydroxylation is 1. The van der Waals surface area contributed by atoms with Gasteiger partial charge in [-0.2, -0.15) is 0 Å². The quantitative estimate of drug-likeness (QED) is 0.492. The standard InChI is InChI=1S/C23H22N4O3S/c1-15-5-4-8-19-21(15)25-23(31-19)30-16-9-11-26(12-10-16)20(28)13-27-14-24-18-7-3-2-6-17(18)22(27)29/h2-8,14,16H,9-13H2,1H3. The number of carbonyl (C=O) groups is 1. The monoisotopic (exact) mass is 434 g/mol. The number of para-hydroxylation sites is 2. The molecule has 1 amide bonds. The van der Waals surface area contributed by atoms with E-state index in [9.17, 15) is 9.59 Å². The summed E-state index contributed by atoms with van der Waals surface area (Å²) < 4.78 is 8.62. The van der Waals surface area contributed by atoms with Crippen LogP contribution in [0, 0.1) is 6.92 Å². The van der Waals surface area contributed by atoms with Crippen LogP contribution in [0.3, 0.4) is 0 Å². The molecule has 2 aromatic carbocycles. The van der Waals surface area contributed by atoms with Crippen molar-refractivity contribution in [3.8, 4) is 5.19 Å². The van der Waals surface area contributed by atoms with Gasteiger partial charge in [0.1, 0.15) is 12.6 Å². The van der Waals surface area contributed by atoms with Gasteiger partial charge in [-0.1, -0.05) is 35.6 Å². The molecule has 0 radical (unpaired) electrons. The van der Waals surface area contributed by atoms with Crippen molar-refractivity contribution in [2.75, 3.05) is 13.1 Å². The molecule has 31 heavy (non-hydrogen) atoms. The number of fused-ring (bicyclic) bond motifs is 2. The summed E-state index contributed by atoms with van der Waals surface area (Å²) >= 11 is 1.56. The van der Waals surface area contributed by atoms with Crippen molar-refractivity contribution in [2.24, 2.45) is 0 Å². The van der Waals surface area contributed by atoms with Crippen molar-refractivity contribution >= 4 is 38.4 Å². The molecule has 1 aliphatic rings. The number of hydrogen-bond donors (Lipinski definition) is 0. The van der Waals surface area contributed by atoms with Crippen LogP contribution >= 0.6 is 11.3 Å². The lowest BCUT2D eigenvalue weighted by molar-refractivity contribution is -0.133. The van der Waals surface area contributed by atoms with E-state index >= 15 is 0 Å². The van der Waals surface area contributed by atoms with Crippen molar-refractivity contribution in [3.63, 3.8) is 0 Å². The molecule has 0 N–H and O–H groups in total. The van der Waals surface area contributed by atoms with Crippen LogP contribution in [0.25, 0.3) is 21.1 Å². The minimum absolute atomic E-state index is 0.000657. The van der Waals surface area contributed by atoms with Crippen LogP contribution in [0.5, 0.6) is 5.19 Å². The maximum atomic E-state index is 12.8. The van der Waals surface area contributed by atoms with Gasteiger partial charge in [0.25, 0.3) is 10.8 Å². The van der Waals surface area contributed by atoms with Crippen LogP contribution in [0.15, 0.2) is 53.6 Å². The molecule has 0 atom stereocenters. The predicted octanol–water partition coefficient (Wildman–Crippen LogP) is 3.38. The lowest BCUT2D eigenvalue weighted by Crippen LogP contribution is -2.44. The van der Waals surface area contributed by atoms with Crippen LogP contribution in [-0.4, -0.2) is 44.5 Å². The van der Waals surface area contributed by atoms with Gasteiger partial charge < -0.3 is 9.64 Å². The van der Waals surface area contributed by atoms with E-state index in [1.54, 1.807) is 34.4 Å². The first-order valence-electron chi connectivity index (χ1n) is 10.3. The summed E-state index contributed by atoms with van der Waals surface area (Å²) in [7, 11) is 0. The Morgan fingerprint density at radius 2 is 1.97 bits per heavy atom. The SMILES string of the molecule is Cc1cccc2sc(OC3CCN(C(=O)Cn4cnc5ccccc5c4=O)CC3)nc12. The Hall–Kier alpha value is -3.26. The highest BCUT2D eigenvalue weighted by atomic mass is 32.1. The number of hydrogen-bond acceptors (Lipinski definition) is 6. The molecule has 2 aromatic heterocycles. The zero-order valence-corrected chi connectivity index (χ0v) is 18.0. The largest absolute Gasteiger partial charge is 0.467 e. The maximum absolute atomic E-state index is 12.8. The van der Waals surface area contributed by atoms with Crippen LogP contribution < -0.4 is 10.3 Å². The van der Waals surface area contributed by atoms with Gasteiger partial charge in [0.05, 0.1) is 27.4 Å². The molecule has 3 heterocycles. The first kappa shape index (κ1) is 19.7. The molecule has 0 aliphatic carbocycles. The average molecular weight is 435 g/mol. The number of aromatic nitrogens is 3. The van der Waals surface area contributed by atoms with E-state index in [0.717, 1.165) is 28.6 Å². The van der Waals surface area contributed by atoms with E-state index in [0.29, 0.717) is 29.2 Å². The fourth-order valence-electron chi connectivity index (χ4n) is 3.95. The van der Waals surface area contributed by atoms with Gasteiger partial charge in [-0.05, 0) is 30.7 Å². The highest BCUT2D eigenvalue weighted by molar-refractivity contribution is 7.20. The van der Waals surface area contributed by atoms with E-state index in [1.807, 2.05) is 25.1 Å². The molecule has 1 aliphatic heterocycles. The summed E-state index contributed by atoms with van der Waals surface area (Å²) in [4.78, 5) is 36.1. The molecule has 0 bridgehead atoms. The van der Waals surface area contributed by atoms with Crippen molar-refractivity contribution in [1.82, 2.24) is 19.4 Å². The summed E-state index contributed by atoms with van der Waals surface area (Å²) in [5.74, 6) is -0.0757. The Balaban J connectivity index is 1.21. The summed E-state index contributed by atoms with van der Waals surface area (Å²) in [6, 6.07) is 13.3. The van der Waals surface area contributed by atoms with E-state index < -0.39 is 0 Å². The molecule has 4 aromatic rings. The fourth-order valence-corrected chi connectivity index (χ4v) is 4.91. The number of ether oxygens (including phenoxy) is 1. The summed E-state index contributed by atoms with van der Waals surface area (Å²) in [6.07, 6.45) is 2.97. The number of likely N-dealkylation sites (tertiary alicyclic amines) is 1.